The lowest BCUT2D eigenvalue weighted by Gasteiger charge is -2.06. The predicted octanol–water partition coefficient (Wildman–Crippen LogP) is 1.94. The van der Waals surface area contributed by atoms with Gasteiger partial charge < -0.3 is 14.6 Å². The third-order valence-corrected chi connectivity index (χ3v) is 1.93. The molecule has 0 aliphatic heterocycles. The van der Waals surface area contributed by atoms with Gasteiger partial charge in [-0.15, -0.1) is 0 Å². The highest BCUT2D eigenvalue weighted by Gasteiger charge is 2.10. The zero-order valence-corrected chi connectivity index (χ0v) is 8.90. The molecule has 1 rings (SSSR count). The molecule has 0 aromatic heterocycles. The number of hydrogen-bond donors (Lipinski definition) is 1. The van der Waals surface area contributed by atoms with Gasteiger partial charge >= 0.3 is 5.97 Å². The molecule has 0 heterocycles. The van der Waals surface area contributed by atoms with Crippen molar-refractivity contribution in [3.05, 3.63) is 29.6 Å². The van der Waals surface area contributed by atoms with Gasteiger partial charge in [0.15, 0.2) is 0 Å². The Morgan fingerprint density at radius 3 is 2.75 bits per heavy atom. The minimum absolute atomic E-state index is 0.318. The first kappa shape index (κ1) is 12.4. The average Bonchev–Trinajstić information content (AvgIpc) is 2.24. The van der Waals surface area contributed by atoms with Gasteiger partial charge in [-0.3, -0.25) is 0 Å². The van der Waals surface area contributed by atoms with E-state index in [9.17, 15) is 9.18 Å². The SMILES string of the molecule is COCCCOc1ccc(C(=O)O)c(F)c1. The molecule has 0 amide bonds. The van der Waals surface area contributed by atoms with Crippen molar-refractivity contribution in [2.45, 2.75) is 6.42 Å². The number of methoxy groups -OCH3 is 1. The van der Waals surface area contributed by atoms with Gasteiger partial charge in [-0.05, 0) is 12.1 Å². The zero-order valence-electron chi connectivity index (χ0n) is 8.90. The Bertz CT molecular complexity index is 365. The lowest BCUT2D eigenvalue weighted by Crippen LogP contribution is -2.04. The van der Waals surface area contributed by atoms with E-state index in [0.29, 0.717) is 25.4 Å². The molecule has 1 aromatic rings. The van der Waals surface area contributed by atoms with E-state index in [1.54, 1.807) is 7.11 Å². The number of benzene rings is 1. The van der Waals surface area contributed by atoms with Crippen molar-refractivity contribution in [3.8, 4) is 5.75 Å². The summed E-state index contributed by atoms with van der Waals surface area (Å²) in [5.41, 5.74) is -0.357. The van der Waals surface area contributed by atoms with Crippen molar-refractivity contribution in [3.63, 3.8) is 0 Å². The molecule has 0 bridgehead atoms. The highest BCUT2D eigenvalue weighted by Crippen LogP contribution is 2.16. The van der Waals surface area contributed by atoms with Gasteiger partial charge in [0.05, 0.1) is 12.2 Å². The van der Waals surface area contributed by atoms with Gasteiger partial charge in [-0.1, -0.05) is 0 Å². The molecule has 0 aliphatic rings. The number of hydrogen-bond acceptors (Lipinski definition) is 3. The van der Waals surface area contributed by atoms with Gasteiger partial charge in [0.1, 0.15) is 11.6 Å². The second-order valence-electron chi connectivity index (χ2n) is 3.14. The fourth-order valence-corrected chi connectivity index (χ4v) is 1.15. The maximum atomic E-state index is 13.2. The Hall–Kier alpha value is -1.62. The first-order valence-electron chi connectivity index (χ1n) is 4.79. The van der Waals surface area contributed by atoms with Crippen LogP contribution in [0.4, 0.5) is 4.39 Å². The lowest BCUT2D eigenvalue weighted by atomic mass is 10.2. The summed E-state index contributed by atoms with van der Waals surface area (Å²) in [6.07, 6.45) is 0.693. The maximum Gasteiger partial charge on any atom is 0.338 e. The predicted molar refractivity (Wildman–Crippen MR) is 55.3 cm³/mol. The third-order valence-electron chi connectivity index (χ3n) is 1.93. The third kappa shape index (κ3) is 3.51. The van der Waals surface area contributed by atoms with Crippen LogP contribution in [-0.4, -0.2) is 31.4 Å². The largest absolute Gasteiger partial charge is 0.493 e. The Labute approximate surface area is 92.6 Å². The van der Waals surface area contributed by atoms with Crippen molar-refractivity contribution in [1.82, 2.24) is 0 Å². The van der Waals surface area contributed by atoms with Crippen molar-refractivity contribution < 1.29 is 23.8 Å². The van der Waals surface area contributed by atoms with Crippen LogP contribution in [0, 0.1) is 5.82 Å². The molecule has 0 radical (unpaired) electrons. The van der Waals surface area contributed by atoms with E-state index in [1.165, 1.54) is 12.1 Å². The zero-order chi connectivity index (χ0) is 12.0. The summed E-state index contributed by atoms with van der Waals surface area (Å²) in [5, 5.41) is 8.61. The van der Waals surface area contributed by atoms with E-state index in [2.05, 4.69) is 0 Å². The van der Waals surface area contributed by atoms with Crippen LogP contribution >= 0.6 is 0 Å². The molecule has 0 saturated carbocycles. The Kier molecular flexibility index (Phi) is 4.72. The monoisotopic (exact) mass is 228 g/mol. The van der Waals surface area contributed by atoms with Crippen molar-refractivity contribution in [2.75, 3.05) is 20.3 Å². The average molecular weight is 228 g/mol. The molecule has 1 aromatic carbocycles. The quantitative estimate of drug-likeness (QED) is 0.756. The fourth-order valence-electron chi connectivity index (χ4n) is 1.15. The lowest BCUT2D eigenvalue weighted by molar-refractivity contribution is 0.0692. The van der Waals surface area contributed by atoms with Crippen LogP contribution in [0.3, 0.4) is 0 Å². The standard InChI is InChI=1S/C11H13FO4/c1-15-5-2-6-16-8-3-4-9(11(13)14)10(12)7-8/h3-4,7H,2,5-6H2,1H3,(H,13,14). The number of ether oxygens (including phenoxy) is 2. The number of carboxylic acids is 1. The van der Waals surface area contributed by atoms with Crippen LogP contribution in [0.25, 0.3) is 0 Å². The number of rotatable bonds is 6. The van der Waals surface area contributed by atoms with Crippen LogP contribution in [0.1, 0.15) is 16.8 Å². The van der Waals surface area contributed by atoms with Crippen LogP contribution in [-0.2, 0) is 4.74 Å². The van der Waals surface area contributed by atoms with Gasteiger partial charge in [0.2, 0.25) is 0 Å². The van der Waals surface area contributed by atoms with Crippen LogP contribution in [0.5, 0.6) is 5.75 Å². The molecule has 0 unspecified atom stereocenters. The van der Waals surface area contributed by atoms with Crippen molar-refractivity contribution in [1.29, 1.82) is 0 Å². The van der Waals surface area contributed by atoms with E-state index in [1.807, 2.05) is 0 Å². The molecule has 0 fully saturated rings. The summed E-state index contributed by atoms with van der Waals surface area (Å²) in [4.78, 5) is 10.5. The fraction of sp³-hybridized carbons (Fsp3) is 0.364. The number of carboxylic acid groups (broad SMARTS) is 1. The Morgan fingerprint density at radius 1 is 1.44 bits per heavy atom. The highest BCUT2D eigenvalue weighted by atomic mass is 19.1. The molecule has 4 nitrogen and oxygen atoms in total. The van der Waals surface area contributed by atoms with E-state index in [4.69, 9.17) is 14.6 Å². The van der Waals surface area contributed by atoms with Crippen LogP contribution in [0.15, 0.2) is 18.2 Å². The smallest absolute Gasteiger partial charge is 0.338 e. The van der Waals surface area contributed by atoms with E-state index >= 15 is 0 Å². The maximum absolute atomic E-state index is 13.2. The molecule has 0 aliphatic carbocycles. The van der Waals surface area contributed by atoms with Gasteiger partial charge in [-0.25, -0.2) is 9.18 Å². The van der Waals surface area contributed by atoms with Gasteiger partial charge in [0.25, 0.3) is 0 Å². The number of halogens is 1. The summed E-state index contributed by atoms with van der Waals surface area (Å²) >= 11 is 0. The van der Waals surface area contributed by atoms with Crippen molar-refractivity contribution in [2.24, 2.45) is 0 Å². The number of carbonyl (C=O) groups is 1. The van der Waals surface area contributed by atoms with E-state index in [0.717, 1.165) is 6.07 Å². The second kappa shape index (κ2) is 6.07. The number of aromatic carboxylic acids is 1. The summed E-state index contributed by atoms with van der Waals surface area (Å²) in [5.74, 6) is -1.77. The summed E-state index contributed by atoms with van der Waals surface area (Å²) in [6.45, 7) is 0.968. The van der Waals surface area contributed by atoms with Crippen LogP contribution in [0.2, 0.25) is 0 Å². The molecular formula is C11H13FO4. The topological polar surface area (TPSA) is 55.8 Å². The molecule has 16 heavy (non-hydrogen) atoms. The highest BCUT2D eigenvalue weighted by molar-refractivity contribution is 5.88. The van der Waals surface area contributed by atoms with Crippen molar-refractivity contribution >= 4 is 5.97 Å². The van der Waals surface area contributed by atoms with Gasteiger partial charge in [0, 0.05) is 26.2 Å². The van der Waals surface area contributed by atoms with Gasteiger partial charge in [-0.2, -0.15) is 0 Å². The minimum Gasteiger partial charge on any atom is -0.493 e. The Balaban J connectivity index is 2.56. The molecule has 88 valence electrons. The summed E-state index contributed by atoms with van der Waals surface area (Å²) in [6, 6.07) is 3.68. The van der Waals surface area contributed by atoms with Crippen LogP contribution < -0.4 is 4.74 Å². The summed E-state index contributed by atoms with van der Waals surface area (Å²) in [7, 11) is 1.58. The normalized spacial score (nSPS) is 10.1. The molecule has 0 saturated heterocycles. The molecular weight excluding hydrogens is 215 g/mol. The molecule has 0 atom stereocenters. The Morgan fingerprint density at radius 2 is 2.19 bits per heavy atom. The first-order chi connectivity index (χ1) is 7.65. The summed E-state index contributed by atoms with van der Waals surface area (Å²) < 4.78 is 23.2. The molecule has 0 spiro atoms. The minimum atomic E-state index is -1.29. The second-order valence-corrected chi connectivity index (χ2v) is 3.14. The molecule has 5 heteroatoms. The van der Waals surface area contributed by atoms with E-state index in [-0.39, 0.29) is 5.56 Å². The first-order valence-corrected chi connectivity index (χ1v) is 4.79. The van der Waals surface area contributed by atoms with E-state index < -0.39 is 11.8 Å². The molecule has 1 N–H and O–H groups in total.